The molecule has 0 rings (SSSR count). The van der Waals surface area contributed by atoms with Crippen LogP contribution in [0.3, 0.4) is 0 Å². The molecule has 1 N–H and O–H groups in total. The minimum atomic E-state index is -3.62. The lowest BCUT2D eigenvalue weighted by Crippen LogP contribution is -2.39. The Kier molecular flexibility index (Phi) is 9.87. The second-order valence-corrected chi connectivity index (χ2v) is 9.14. The molecule has 0 fully saturated rings. The number of carbonyl (C=O) groups excluding carboxylic acids is 2. The number of alkyl carbamates (subject to hydrolysis) is 1. The van der Waals surface area contributed by atoms with Gasteiger partial charge in [0, 0.05) is 13.2 Å². The molecular formula is C16H32NO7P. The molecule has 148 valence electrons. The van der Waals surface area contributed by atoms with E-state index >= 15 is 0 Å². The van der Waals surface area contributed by atoms with Gasteiger partial charge < -0.3 is 24.1 Å². The molecule has 0 aliphatic rings. The lowest BCUT2D eigenvalue weighted by atomic mass is 10.2. The lowest BCUT2D eigenvalue weighted by Gasteiger charge is -2.35. The average molecular weight is 381 g/mol. The van der Waals surface area contributed by atoms with Crippen LogP contribution in [0.2, 0.25) is 0 Å². The van der Waals surface area contributed by atoms with Gasteiger partial charge in [0.15, 0.2) is 5.78 Å². The Morgan fingerprint density at radius 1 is 0.960 bits per heavy atom. The van der Waals surface area contributed by atoms with Gasteiger partial charge in [0.2, 0.25) is 5.53 Å². The fraction of sp³-hybridized carbons (Fsp3) is 0.875. The molecule has 0 heterocycles. The molecule has 0 aromatic rings. The van der Waals surface area contributed by atoms with Crippen LogP contribution in [-0.2, 0) is 28.1 Å². The highest BCUT2D eigenvalue weighted by atomic mass is 31.2. The quantitative estimate of drug-likeness (QED) is 0.433. The third kappa shape index (κ3) is 8.31. The summed E-state index contributed by atoms with van der Waals surface area (Å²) in [5, 5.41) is 2.35. The van der Waals surface area contributed by atoms with Crippen molar-refractivity contribution in [1.82, 2.24) is 5.32 Å². The van der Waals surface area contributed by atoms with Crippen molar-refractivity contribution in [3.8, 4) is 0 Å². The van der Waals surface area contributed by atoms with Gasteiger partial charge in [0.25, 0.3) is 7.37 Å². The van der Waals surface area contributed by atoms with Crippen molar-refractivity contribution in [2.45, 2.75) is 59.6 Å². The molecule has 0 saturated heterocycles. The van der Waals surface area contributed by atoms with Crippen LogP contribution in [0.5, 0.6) is 0 Å². The first kappa shape index (κ1) is 24.1. The van der Waals surface area contributed by atoms with Crippen molar-refractivity contribution in [3.63, 3.8) is 0 Å². The molecule has 0 spiro atoms. The van der Waals surface area contributed by atoms with Gasteiger partial charge in [-0.15, -0.1) is 0 Å². The number of amides is 1. The number of nitrogens with one attached hydrogen (secondary N) is 1. The minimum absolute atomic E-state index is 0.139. The van der Waals surface area contributed by atoms with Crippen LogP contribution in [0, 0.1) is 0 Å². The monoisotopic (exact) mass is 381 g/mol. The van der Waals surface area contributed by atoms with E-state index < -0.39 is 36.5 Å². The van der Waals surface area contributed by atoms with E-state index in [-0.39, 0.29) is 26.4 Å². The second-order valence-electron chi connectivity index (χ2n) is 6.41. The van der Waals surface area contributed by atoms with E-state index in [1.54, 1.807) is 41.5 Å². The van der Waals surface area contributed by atoms with Crippen LogP contribution in [0.4, 0.5) is 4.79 Å². The van der Waals surface area contributed by atoms with Crippen LogP contribution >= 0.6 is 7.37 Å². The summed E-state index contributed by atoms with van der Waals surface area (Å²) >= 11 is 0. The largest absolute Gasteiger partial charge is 0.444 e. The molecule has 0 saturated carbocycles. The van der Waals surface area contributed by atoms with Crippen LogP contribution in [0.25, 0.3) is 0 Å². The van der Waals surface area contributed by atoms with Crippen LogP contribution in [0.1, 0.15) is 48.5 Å². The van der Waals surface area contributed by atoms with E-state index in [4.69, 9.17) is 18.7 Å². The summed E-state index contributed by atoms with van der Waals surface area (Å²) in [7, 11) is -3.62. The predicted octanol–water partition coefficient (Wildman–Crippen LogP) is 3.14. The Morgan fingerprint density at radius 3 is 1.88 bits per heavy atom. The average Bonchev–Trinajstić information content (AvgIpc) is 2.44. The molecule has 25 heavy (non-hydrogen) atoms. The lowest BCUT2D eigenvalue weighted by molar-refractivity contribution is -0.168. The van der Waals surface area contributed by atoms with Gasteiger partial charge in [-0.05, 0) is 48.5 Å². The summed E-state index contributed by atoms with van der Waals surface area (Å²) in [5.74, 6) is -0.465. The molecular weight excluding hydrogens is 349 g/mol. The van der Waals surface area contributed by atoms with Gasteiger partial charge in [0.1, 0.15) is 5.60 Å². The van der Waals surface area contributed by atoms with Gasteiger partial charge in [-0.25, -0.2) is 4.79 Å². The highest BCUT2D eigenvalue weighted by molar-refractivity contribution is 7.61. The second kappa shape index (κ2) is 10.3. The molecule has 1 amide bonds. The zero-order chi connectivity index (χ0) is 19.7. The Labute approximate surface area is 150 Å². The fourth-order valence-corrected chi connectivity index (χ4v) is 4.32. The molecule has 1 unspecified atom stereocenters. The molecule has 8 nitrogen and oxygen atoms in total. The third-order valence-electron chi connectivity index (χ3n) is 2.99. The number of rotatable bonds is 11. The normalized spacial score (nSPS) is 14.7. The van der Waals surface area contributed by atoms with Crippen LogP contribution in [-0.4, -0.2) is 55.5 Å². The summed E-state index contributed by atoms with van der Waals surface area (Å²) in [4.78, 5) is 23.8. The molecule has 0 aliphatic carbocycles. The van der Waals surface area contributed by atoms with Crippen molar-refractivity contribution >= 4 is 19.2 Å². The van der Waals surface area contributed by atoms with Crippen molar-refractivity contribution in [2.75, 3.05) is 32.5 Å². The molecule has 0 aromatic heterocycles. The smallest absolute Gasteiger partial charge is 0.408 e. The first-order valence-corrected chi connectivity index (χ1v) is 10.2. The minimum Gasteiger partial charge on any atom is -0.444 e. The number of ether oxygens (including phenoxy) is 3. The van der Waals surface area contributed by atoms with Gasteiger partial charge >= 0.3 is 6.09 Å². The van der Waals surface area contributed by atoms with Crippen LogP contribution < -0.4 is 5.32 Å². The summed E-state index contributed by atoms with van der Waals surface area (Å²) in [6.07, 6.45) is -1.13. The zero-order valence-corrected chi connectivity index (χ0v) is 17.2. The number of carbonyl (C=O) groups is 2. The van der Waals surface area contributed by atoms with E-state index in [0.717, 1.165) is 0 Å². The maximum Gasteiger partial charge on any atom is 0.408 e. The Hall–Kier alpha value is -0.950. The SMILES string of the molecule is CCOC(C)(OCC)P(=O)(CC(=O)CNC(=O)OC(C)(C)C)OCC. The third-order valence-corrected chi connectivity index (χ3v) is 5.93. The molecule has 0 aliphatic heterocycles. The number of ketones is 1. The van der Waals surface area contributed by atoms with Gasteiger partial charge in [-0.3, -0.25) is 9.36 Å². The Bertz CT molecular complexity index is 481. The Balaban J connectivity index is 5.02. The van der Waals surface area contributed by atoms with E-state index in [2.05, 4.69) is 5.32 Å². The summed E-state index contributed by atoms with van der Waals surface area (Å²) in [6.45, 7) is 12.1. The summed E-state index contributed by atoms with van der Waals surface area (Å²) < 4.78 is 34.7. The molecule has 0 aromatic carbocycles. The predicted molar refractivity (Wildman–Crippen MR) is 95.0 cm³/mol. The fourth-order valence-electron chi connectivity index (χ4n) is 2.06. The first-order valence-electron chi connectivity index (χ1n) is 8.43. The topological polar surface area (TPSA) is 100 Å². The van der Waals surface area contributed by atoms with E-state index in [0.29, 0.717) is 0 Å². The van der Waals surface area contributed by atoms with Crippen molar-refractivity contribution in [1.29, 1.82) is 0 Å². The summed E-state index contributed by atoms with van der Waals surface area (Å²) in [6, 6.07) is 0. The Morgan fingerprint density at radius 2 is 1.48 bits per heavy atom. The zero-order valence-electron chi connectivity index (χ0n) is 16.3. The first-order chi connectivity index (χ1) is 11.4. The van der Waals surface area contributed by atoms with Gasteiger partial charge in [-0.1, -0.05) is 0 Å². The van der Waals surface area contributed by atoms with Crippen molar-refractivity contribution in [2.24, 2.45) is 0 Å². The maximum atomic E-state index is 13.3. The molecule has 1 atom stereocenters. The molecule has 9 heteroatoms. The maximum absolute atomic E-state index is 13.3. The number of hydrogen-bond acceptors (Lipinski definition) is 7. The number of Topliss-reactive ketones (excluding diaryl/α,β-unsaturated/α-hetero) is 1. The van der Waals surface area contributed by atoms with E-state index in [1.807, 2.05) is 0 Å². The van der Waals surface area contributed by atoms with Crippen LogP contribution in [0.15, 0.2) is 0 Å². The van der Waals surface area contributed by atoms with Crippen molar-refractivity contribution < 1.29 is 32.9 Å². The summed E-state index contributed by atoms with van der Waals surface area (Å²) in [5.41, 5.74) is -2.19. The highest BCUT2D eigenvalue weighted by Gasteiger charge is 2.49. The number of hydrogen-bond donors (Lipinski definition) is 1. The van der Waals surface area contributed by atoms with Gasteiger partial charge in [0.05, 0.1) is 19.3 Å². The molecule has 0 bridgehead atoms. The van der Waals surface area contributed by atoms with Gasteiger partial charge in [-0.2, -0.15) is 0 Å². The molecule has 0 radical (unpaired) electrons. The van der Waals surface area contributed by atoms with E-state index in [1.165, 1.54) is 6.92 Å². The van der Waals surface area contributed by atoms with Crippen molar-refractivity contribution in [3.05, 3.63) is 0 Å². The van der Waals surface area contributed by atoms with E-state index in [9.17, 15) is 14.2 Å². The standard InChI is InChI=1S/C16H32NO7P/c1-8-21-16(7,22-9-2)25(20,23-10-3)12-13(18)11-17-14(19)24-15(4,5)6/h8-12H2,1-7H3,(H,17,19). The highest BCUT2D eigenvalue weighted by Crippen LogP contribution is 2.60.